The number of halogens is 4. The minimum atomic E-state index is -4.49. The molecule has 0 aliphatic carbocycles. The molecule has 1 aromatic rings. The van der Waals surface area contributed by atoms with Gasteiger partial charge in [0.2, 0.25) is 0 Å². The van der Waals surface area contributed by atoms with E-state index in [4.69, 9.17) is 17.3 Å². The van der Waals surface area contributed by atoms with Crippen LogP contribution in [0.5, 0.6) is 0 Å². The number of carbonyl (C=O) groups excluding carboxylic acids is 1. The molecule has 0 saturated heterocycles. The Morgan fingerprint density at radius 2 is 2.15 bits per heavy atom. The molecular weight excluding hydrogens is 297 g/mol. The largest absolute Gasteiger partial charge is 0.448 e. The molecule has 3 N–H and O–H groups in total. The first kappa shape index (κ1) is 16.6. The number of benzene rings is 1. The van der Waals surface area contributed by atoms with Gasteiger partial charge in [-0.2, -0.15) is 13.2 Å². The van der Waals surface area contributed by atoms with Gasteiger partial charge in [0.05, 0.1) is 10.6 Å². The van der Waals surface area contributed by atoms with Gasteiger partial charge >= 0.3 is 12.3 Å². The quantitative estimate of drug-likeness (QED) is 0.879. The Morgan fingerprint density at radius 3 is 2.70 bits per heavy atom. The topological polar surface area (TPSA) is 64.3 Å². The summed E-state index contributed by atoms with van der Waals surface area (Å²) in [4.78, 5) is 10.4. The van der Waals surface area contributed by atoms with Gasteiger partial charge in [0.25, 0.3) is 0 Å². The first-order chi connectivity index (χ1) is 9.21. The van der Waals surface area contributed by atoms with Crippen LogP contribution in [-0.2, 0) is 17.5 Å². The molecule has 0 saturated carbocycles. The van der Waals surface area contributed by atoms with Crippen LogP contribution in [0.2, 0.25) is 5.02 Å². The van der Waals surface area contributed by atoms with Crippen molar-refractivity contribution in [2.45, 2.75) is 25.7 Å². The minimum absolute atomic E-state index is 0.0198. The van der Waals surface area contributed by atoms with E-state index in [2.05, 4.69) is 10.1 Å². The SMILES string of the molecule is CC(COC(N)=O)NCc1cccc(C(F)(F)F)c1Cl. The molecule has 0 spiro atoms. The Morgan fingerprint density at radius 1 is 1.50 bits per heavy atom. The van der Waals surface area contributed by atoms with Gasteiger partial charge in [0.1, 0.15) is 6.61 Å². The number of ether oxygens (including phenoxy) is 1. The van der Waals surface area contributed by atoms with Gasteiger partial charge in [0.15, 0.2) is 0 Å². The number of alkyl halides is 3. The van der Waals surface area contributed by atoms with Crippen molar-refractivity contribution in [2.24, 2.45) is 5.73 Å². The maximum absolute atomic E-state index is 12.7. The smallest absolute Gasteiger partial charge is 0.417 e. The first-order valence-corrected chi connectivity index (χ1v) is 6.09. The zero-order valence-corrected chi connectivity index (χ0v) is 11.4. The van der Waals surface area contributed by atoms with Crippen LogP contribution in [0.1, 0.15) is 18.1 Å². The lowest BCUT2D eigenvalue weighted by molar-refractivity contribution is -0.137. The Hall–Kier alpha value is -1.47. The second kappa shape index (κ2) is 6.81. The highest BCUT2D eigenvalue weighted by molar-refractivity contribution is 6.32. The molecule has 0 aromatic heterocycles. The molecule has 0 aliphatic rings. The third kappa shape index (κ3) is 4.90. The number of nitrogens with two attached hydrogens (primary N) is 1. The van der Waals surface area contributed by atoms with Gasteiger partial charge in [0, 0.05) is 12.6 Å². The lowest BCUT2D eigenvalue weighted by Gasteiger charge is -2.16. The number of amides is 1. The van der Waals surface area contributed by atoms with E-state index >= 15 is 0 Å². The minimum Gasteiger partial charge on any atom is -0.448 e. The van der Waals surface area contributed by atoms with Crippen LogP contribution < -0.4 is 11.1 Å². The Balaban J connectivity index is 2.67. The fraction of sp³-hybridized carbons (Fsp3) is 0.417. The molecule has 0 radical (unpaired) electrons. The molecule has 1 amide bonds. The number of hydrogen-bond donors (Lipinski definition) is 2. The van der Waals surface area contributed by atoms with Crippen LogP contribution >= 0.6 is 11.6 Å². The molecular formula is C12H14ClF3N2O2. The van der Waals surface area contributed by atoms with E-state index in [0.717, 1.165) is 6.07 Å². The van der Waals surface area contributed by atoms with Crippen LogP contribution in [0, 0.1) is 0 Å². The average molecular weight is 311 g/mol. The van der Waals surface area contributed by atoms with Crippen molar-refractivity contribution in [3.63, 3.8) is 0 Å². The fourth-order valence-corrected chi connectivity index (χ4v) is 1.79. The van der Waals surface area contributed by atoms with Crippen LogP contribution in [0.15, 0.2) is 18.2 Å². The Labute approximate surface area is 119 Å². The predicted molar refractivity (Wildman–Crippen MR) is 68.3 cm³/mol. The van der Waals surface area contributed by atoms with Crippen molar-refractivity contribution in [1.29, 1.82) is 0 Å². The van der Waals surface area contributed by atoms with Gasteiger partial charge in [-0.3, -0.25) is 0 Å². The van der Waals surface area contributed by atoms with Crippen LogP contribution in [0.4, 0.5) is 18.0 Å². The summed E-state index contributed by atoms with van der Waals surface area (Å²) >= 11 is 5.74. The highest BCUT2D eigenvalue weighted by atomic mass is 35.5. The van der Waals surface area contributed by atoms with Gasteiger partial charge < -0.3 is 15.8 Å². The average Bonchev–Trinajstić information content (AvgIpc) is 2.33. The van der Waals surface area contributed by atoms with Gasteiger partial charge in [-0.1, -0.05) is 23.7 Å². The molecule has 20 heavy (non-hydrogen) atoms. The molecule has 1 atom stereocenters. The first-order valence-electron chi connectivity index (χ1n) is 5.72. The summed E-state index contributed by atoms with van der Waals surface area (Å²) in [6.45, 7) is 1.84. The number of rotatable bonds is 5. The van der Waals surface area contributed by atoms with E-state index in [1.165, 1.54) is 12.1 Å². The molecule has 112 valence electrons. The zero-order chi connectivity index (χ0) is 15.3. The third-order valence-electron chi connectivity index (χ3n) is 2.50. The van der Waals surface area contributed by atoms with Crippen molar-refractivity contribution in [3.8, 4) is 0 Å². The summed E-state index contributed by atoms with van der Waals surface area (Å²) in [5.74, 6) is 0. The second-order valence-corrected chi connectivity index (χ2v) is 4.57. The van der Waals surface area contributed by atoms with Gasteiger partial charge in [-0.05, 0) is 18.6 Å². The highest BCUT2D eigenvalue weighted by Crippen LogP contribution is 2.36. The van der Waals surface area contributed by atoms with Crippen LogP contribution in [-0.4, -0.2) is 18.7 Å². The van der Waals surface area contributed by atoms with Crippen molar-refractivity contribution < 1.29 is 22.7 Å². The molecule has 1 rings (SSSR count). The van der Waals surface area contributed by atoms with E-state index in [1.54, 1.807) is 6.92 Å². The van der Waals surface area contributed by atoms with Crippen LogP contribution in [0.3, 0.4) is 0 Å². The molecule has 4 nitrogen and oxygen atoms in total. The third-order valence-corrected chi connectivity index (χ3v) is 2.95. The molecule has 0 fully saturated rings. The van der Waals surface area contributed by atoms with Crippen molar-refractivity contribution in [1.82, 2.24) is 5.32 Å². The van der Waals surface area contributed by atoms with E-state index in [9.17, 15) is 18.0 Å². The maximum atomic E-state index is 12.7. The molecule has 8 heteroatoms. The summed E-state index contributed by atoms with van der Waals surface area (Å²) < 4.78 is 42.5. The van der Waals surface area contributed by atoms with E-state index in [0.29, 0.717) is 5.56 Å². The number of carbonyl (C=O) groups is 1. The highest BCUT2D eigenvalue weighted by Gasteiger charge is 2.33. The summed E-state index contributed by atoms with van der Waals surface area (Å²) in [5.41, 5.74) is 4.24. The van der Waals surface area contributed by atoms with Crippen molar-refractivity contribution >= 4 is 17.7 Å². The number of primary amides is 1. The lowest BCUT2D eigenvalue weighted by atomic mass is 10.1. The fourth-order valence-electron chi connectivity index (χ4n) is 1.49. The lowest BCUT2D eigenvalue weighted by Crippen LogP contribution is -2.32. The molecule has 0 bridgehead atoms. The van der Waals surface area contributed by atoms with Gasteiger partial charge in [-0.15, -0.1) is 0 Å². The van der Waals surface area contributed by atoms with E-state index in [-0.39, 0.29) is 24.2 Å². The number of nitrogens with one attached hydrogen (secondary N) is 1. The normalized spacial score (nSPS) is 13.1. The number of hydrogen-bond acceptors (Lipinski definition) is 3. The molecule has 0 heterocycles. The summed E-state index contributed by atoms with van der Waals surface area (Å²) in [6, 6.07) is 3.43. The summed E-state index contributed by atoms with van der Waals surface area (Å²) in [6.07, 6.45) is -5.40. The maximum Gasteiger partial charge on any atom is 0.417 e. The summed E-state index contributed by atoms with van der Waals surface area (Å²) in [7, 11) is 0. The molecule has 1 unspecified atom stereocenters. The van der Waals surface area contributed by atoms with Crippen molar-refractivity contribution in [3.05, 3.63) is 34.3 Å². The van der Waals surface area contributed by atoms with E-state index in [1.807, 2.05) is 0 Å². The molecule has 1 aromatic carbocycles. The molecule has 0 aliphatic heterocycles. The monoisotopic (exact) mass is 310 g/mol. The van der Waals surface area contributed by atoms with Gasteiger partial charge in [-0.25, -0.2) is 4.79 Å². The Bertz CT molecular complexity index is 480. The Kier molecular flexibility index (Phi) is 5.64. The summed E-state index contributed by atoms with van der Waals surface area (Å²) in [5, 5.41) is 2.55. The van der Waals surface area contributed by atoms with Crippen LogP contribution in [0.25, 0.3) is 0 Å². The second-order valence-electron chi connectivity index (χ2n) is 4.19. The predicted octanol–water partition coefficient (Wildman–Crippen LogP) is 2.93. The standard InChI is InChI=1S/C12H14ClF3N2O2/c1-7(6-20-11(17)19)18-5-8-3-2-4-9(10(8)13)12(14,15)16/h2-4,7,18H,5-6H2,1H3,(H2,17,19). The zero-order valence-electron chi connectivity index (χ0n) is 10.6. The van der Waals surface area contributed by atoms with E-state index < -0.39 is 17.8 Å². The van der Waals surface area contributed by atoms with Crippen molar-refractivity contribution in [2.75, 3.05) is 6.61 Å².